The quantitative estimate of drug-likeness (QED) is 0.559. The maximum atomic E-state index is 11.7. The summed E-state index contributed by atoms with van der Waals surface area (Å²) < 4.78 is 1.41. The number of piperidine rings is 1. The van der Waals surface area contributed by atoms with Gasteiger partial charge in [-0.05, 0) is 31.8 Å². The van der Waals surface area contributed by atoms with Gasteiger partial charge in [-0.25, -0.2) is 4.79 Å². The number of fused-ring (bicyclic) bond motifs is 1. The monoisotopic (exact) mass is 244 g/mol. The Hall–Kier alpha value is -0.950. The molecule has 3 amide bonds. The second-order valence-corrected chi connectivity index (χ2v) is 5.36. The van der Waals surface area contributed by atoms with Crippen molar-refractivity contribution in [3.63, 3.8) is 0 Å². The third kappa shape index (κ3) is 2.25. The summed E-state index contributed by atoms with van der Waals surface area (Å²) in [5.41, 5.74) is 5.10. The molecule has 2 fully saturated rings. The highest BCUT2D eigenvalue weighted by Gasteiger charge is 2.39. The van der Waals surface area contributed by atoms with Crippen LogP contribution in [-0.2, 0) is 4.79 Å². The van der Waals surface area contributed by atoms with Gasteiger partial charge in [-0.2, -0.15) is 0 Å². The number of hydrogen-bond donors (Lipinski definition) is 3. The molecule has 2 saturated heterocycles. The lowest BCUT2D eigenvalue weighted by Crippen LogP contribution is -2.62. The number of primary amides is 1. The van der Waals surface area contributed by atoms with Gasteiger partial charge in [-0.3, -0.25) is 9.10 Å². The Morgan fingerprint density at radius 2 is 2.44 bits per heavy atom. The van der Waals surface area contributed by atoms with Crippen molar-refractivity contribution in [1.82, 2.24) is 14.9 Å². The highest BCUT2D eigenvalue weighted by molar-refractivity contribution is 7.98. The molecule has 4 N–H and O–H groups in total. The smallest absolute Gasteiger partial charge is 0.328 e. The van der Waals surface area contributed by atoms with Crippen molar-refractivity contribution in [2.45, 2.75) is 30.7 Å². The topological polar surface area (TPSA) is 87.5 Å². The number of urea groups is 1. The maximum Gasteiger partial charge on any atom is 0.328 e. The summed E-state index contributed by atoms with van der Waals surface area (Å²) in [7, 11) is 0. The second kappa shape index (κ2) is 4.50. The van der Waals surface area contributed by atoms with E-state index in [2.05, 4.69) is 17.6 Å². The zero-order valence-corrected chi connectivity index (χ0v) is 9.92. The van der Waals surface area contributed by atoms with E-state index in [1.165, 1.54) is 16.3 Å². The van der Waals surface area contributed by atoms with E-state index in [1.807, 2.05) is 0 Å². The first-order chi connectivity index (χ1) is 7.58. The first-order valence-corrected chi connectivity index (χ1v) is 6.18. The lowest BCUT2D eigenvalue weighted by Gasteiger charge is -2.43. The van der Waals surface area contributed by atoms with E-state index >= 15 is 0 Å². The van der Waals surface area contributed by atoms with E-state index in [0.717, 1.165) is 13.0 Å². The first-order valence-electron chi connectivity index (χ1n) is 5.34. The molecular formula is C9H16N4O2S. The molecule has 0 aromatic rings. The van der Waals surface area contributed by atoms with Crippen LogP contribution in [-0.4, -0.2) is 46.7 Å². The third-order valence-electron chi connectivity index (χ3n) is 2.89. The molecule has 0 spiro atoms. The first kappa shape index (κ1) is 11.5. The Labute approximate surface area is 98.4 Å². The van der Waals surface area contributed by atoms with Gasteiger partial charge in [0.1, 0.15) is 6.54 Å². The molecular weight excluding hydrogens is 228 g/mol. The SMILES string of the molecule is CC1NCCC2NC(=O)N(CC(N)=O)SC12. The van der Waals surface area contributed by atoms with Crippen molar-refractivity contribution in [3.05, 3.63) is 0 Å². The van der Waals surface area contributed by atoms with Crippen molar-refractivity contribution in [2.75, 3.05) is 13.1 Å². The van der Waals surface area contributed by atoms with E-state index in [4.69, 9.17) is 5.73 Å². The fourth-order valence-electron chi connectivity index (χ4n) is 2.09. The van der Waals surface area contributed by atoms with Gasteiger partial charge in [0.15, 0.2) is 0 Å². The van der Waals surface area contributed by atoms with Crippen molar-refractivity contribution < 1.29 is 9.59 Å². The van der Waals surface area contributed by atoms with Crippen LogP contribution in [0.3, 0.4) is 0 Å². The standard InChI is InChI=1S/C9H16N4O2S/c1-5-8-6(2-3-11-5)12-9(15)13(16-8)4-7(10)14/h5-6,8,11H,2-4H2,1H3,(H2,10,14)(H,12,15). The zero-order chi connectivity index (χ0) is 11.7. The minimum absolute atomic E-state index is 0.0353. The molecule has 0 radical (unpaired) electrons. The summed E-state index contributed by atoms with van der Waals surface area (Å²) in [5.74, 6) is -0.488. The highest BCUT2D eigenvalue weighted by atomic mass is 32.2. The van der Waals surface area contributed by atoms with Gasteiger partial charge in [-0.1, -0.05) is 0 Å². The van der Waals surface area contributed by atoms with Crippen molar-refractivity contribution in [1.29, 1.82) is 0 Å². The molecule has 2 aliphatic rings. The molecule has 0 saturated carbocycles. The maximum absolute atomic E-state index is 11.7. The van der Waals surface area contributed by atoms with Gasteiger partial charge in [0.2, 0.25) is 5.91 Å². The highest BCUT2D eigenvalue weighted by Crippen LogP contribution is 2.30. The molecule has 2 rings (SSSR count). The molecule has 16 heavy (non-hydrogen) atoms. The number of hydrogen-bond acceptors (Lipinski definition) is 4. The molecule has 7 heteroatoms. The third-order valence-corrected chi connectivity index (χ3v) is 4.42. The van der Waals surface area contributed by atoms with Gasteiger partial charge < -0.3 is 16.4 Å². The van der Waals surface area contributed by atoms with Gasteiger partial charge in [0.25, 0.3) is 0 Å². The lowest BCUT2D eigenvalue weighted by atomic mass is 10.00. The Morgan fingerprint density at radius 3 is 3.12 bits per heavy atom. The molecule has 90 valence electrons. The van der Waals surface area contributed by atoms with Crippen LogP contribution in [0.25, 0.3) is 0 Å². The van der Waals surface area contributed by atoms with Gasteiger partial charge in [0.05, 0.1) is 5.25 Å². The van der Waals surface area contributed by atoms with E-state index in [0.29, 0.717) is 6.04 Å². The number of rotatable bonds is 2. The average Bonchev–Trinajstić information content (AvgIpc) is 2.20. The molecule has 0 aromatic carbocycles. The van der Waals surface area contributed by atoms with Gasteiger partial charge >= 0.3 is 6.03 Å². The van der Waals surface area contributed by atoms with Crippen LogP contribution in [0.1, 0.15) is 13.3 Å². The number of carbonyl (C=O) groups excluding carboxylic acids is 2. The summed E-state index contributed by atoms with van der Waals surface area (Å²) in [6, 6.07) is 0.303. The minimum atomic E-state index is -0.488. The zero-order valence-electron chi connectivity index (χ0n) is 9.10. The van der Waals surface area contributed by atoms with Crippen LogP contribution in [0.15, 0.2) is 0 Å². The Bertz CT molecular complexity index is 312. The molecule has 2 heterocycles. The average molecular weight is 244 g/mol. The molecule has 0 bridgehead atoms. The summed E-state index contributed by atoms with van der Waals surface area (Å²) in [6.07, 6.45) is 0.929. The van der Waals surface area contributed by atoms with E-state index in [1.54, 1.807) is 0 Å². The number of nitrogens with two attached hydrogens (primary N) is 1. The van der Waals surface area contributed by atoms with Crippen LogP contribution in [0, 0.1) is 0 Å². The summed E-state index contributed by atoms with van der Waals surface area (Å²) in [5, 5.41) is 6.55. The van der Waals surface area contributed by atoms with Crippen molar-refractivity contribution >= 4 is 23.9 Å². The largest absolute Gasteiger partial charge is 0.368 e. The molecule has 6 nitrogen and oxygen atoms in total. The molecule has 2 aliphatic heterocycles. The molecule has 0 aliphatic carbocycles. The fourth-order valence-corrected chi connectivity index (χ4v) is 3.36. The number of nitrogens with one attached hydrogen (secondary N) is 2. The number of nitrogens with zero attached hydrogens (tertiary/aromatic N) is 1. The summed E-state index contributed by atoms with van der Waals surface area (Å²) in [4.78, 5) is 22.5. The molecule has 0 aromatic heterocycles. The van der Waals surface area contributed by atoms with Gasteiger partial charge in [-0.15, -0.1) is 0 Å². The van der Waals surface area contributed by atoms with E-state index in [-0.39, 0.29) is 23.9 Å². The van der Waals surface area contributed by atoms with Crippen LogP contribution >= 0.6 is 11.9 Å². The number of amides is 3. The Balaban J connectivity index is 2.04. The molecule has 3 atom stereocenters. The normalized spacial score (nSPS) is 34.2. The molecule has 3 unspecified atom stereocenters. The number of carbonyl (C=O) groups is 2. The van der Waals surface area contributed by atoms with Crippen LogP contribution in [0.5, 0.6) is 0 Å². The van der Waals surface area contributed by atoms with E-state index < -0.39 is 5.91 Å². The fraction of sp³-hybridized carbons (Fsp3) is 0.778. The summed E-state index contributed by atoms with van der Waals surface area (Å²) in [6.45, 7) is 2.97. The van der Waals surface area contributed by atoms with Crippen molar-refractivity contribution in [3.8, 4) is 0 Å². The van der Waals surface area contributed by atoms with Crippen LogP contribution < -0.4 is 16.4 Å². The Morgan fingerprint density at radius 1 is 1.69 bits per heavy atom. The van der Waals surface area contributed by atoms with Crippen molar-refractivity contribution in [2.24, 2.45) is 5.73 Å². The van der Waals surface area contributed by atoms with E-state index in [9.17, 15) is 9.59 Å². The predicted octanol–water partition coefficient (Wildman–Crippen LogP) is -0.736. The lowest BCUT2D eigenvalue weighted by molar-refractivity contribution is -0.117. The second-order valence-electron chi connectivity index (χ2n) is 4.16. The van der Waals surface area contributed by atoms with Gasteiger partial charge in [0, 0.05) is 12.1 Å². The summed E-state index contributed by atoms with van der Waals surface area (Å²) >= 11 is 1.42. The van der Waals surface area contributed by atoms with Crippen LogP contribution in [0.4, 0.5) is 4.79 Å². The van der Waals surface area contributed by atoms with Crippen LogP contribution in [0.2, 0.25) is 0 Å². The Kier molecular flexibility index (Phi) is 3.25. The minimum Gasteiger partial charge on any atom is -0.368 e. The predicted molar refractivity (Wildman–Crippen MR) is 61.7 cm³/mol.